The van der Waals surface area contributed by atoms with Crippen LogP contribution in [0.3, 0.4) is 0 Å². The van der Waals surface area contributed by atoms with E-state index >= 15 is 0 Å². The molecular formula is C33H38ClN2O12S4+. The van der Waals surface area contributed by atoms with Crippen LogP contribution in [-0.4, -0.2) is 86.8 Å². The zero-order valence-electron chi connectivity index (χ0n) is 28.5. The fourth-order valence-corrected chi connectivity index (χ4v) is 9.05. The fourth-order valence-electron chi connectivity index (χ4n) is 6.89. The second-order valence-electron chi connectivity index (χ2n) is 13.7. The van der Waals surface area contributed by atoms with Crippen molar-refractivity contribution in [2.45, 2.75) is 61.2 Å². The Kier molecular flexibility index (Phi) is 10.4. The Hall–Kier alpha value is -3.20. The molecule has 0 saturated heterocycles. The average Bonchev–Trinajstić information content (AvgIpc) is 3.54. The highest BCUT2D eigenvalue weighted by molar-refractivity contribution is 7.86. The highest BCUT2D eigenvalue weighted by Gasteiger charge is 2.45. The number of anilines is 1. The van der Waals surface area contributed by atoms with Crippen molar-refractivity contribution < 1.29 is 56.5 Å². The van der Waals surface area contributed by atoms with Crippen molar-refractivity contribution in [2.24, 2.45) is 0 Å². The summed E-state index contributed by atoms with van der Waals surface area (Å²) in [5.74, 6) is -1.22. The van der Waals surface area contributed by atoms with E-state index < -0.39 is 62.8 Å². The van der Waals surface area contributed by atoms with E-state index in [0.717, 1.165) is 11.1 Å². The summed E-state index contributed by atoms with van der Waals surface area (Å²) in [5, 5.41) is 0.423. The molecule has 2 aliphatic heterocycles. The standard InChI is InChI=1S/C33H37ClN2O12S4/c1-32(2)25-19-23(51(43,44)45)9-11-27(25)35(15-17-49(37,38)39)29(32)13-7-21-5-6-22(31(21)34)8-14-30-33(3,4)26-20-24(52(46,47)48)10-12-28(26)36(30)16-18-50(40,41)42/h7-14,19-20H,5-6,15-18H2,1-4H3,(H3-,37,38,39,40,41,42,43,44,45,46,47,48)/p+1. The van der Waals surface area contributed by atoms with Gasteiger partial charge in [-0.05, 0) is 79.8 Å². The normalized spacial score (nSPS) is 20.5. The summed E-state index contributed by atoms with van der Waals surface area (Å²) in [5.41, 5.74) is 2.91. The van der Waals surface area contributed by atoms with E-state index in [1.165, 1.54) is 36.4 Å². The Labute approximate surface area is 308 Å². The van der Waals surface area contributed by atoms with E-state index in [4.69, 9.17) is 11.6 Å². The lowest BCUT2D eigenvalue weighted by Crippen LogP contribution is -2.30. The minimum Gasteiger partial charge on any atom is -0.343 e. The van der Waals surface area contributed by atoms with Crippen LogP contribution < -0.4 is 4.90 Å². The van der Waals surface area contributed by atoms with Crippen molar-refractivity contribution in [3.8, 4) is 0 Å². The fraction of sp³-hybridized carbons (Fsp3) is 0.364. The molecule has 1 aliphatic carbocycles. The van der Waals surface area contributed by atoms with E-state index in [9.17, 15) is 51.9 Å². The van der Waals surface area contributed by atoms with E-state index in [-0.39, 0.29) is 22.9 Å². The minimum absolute atomic E-state index is 0.149. The molecule has 2 aromatic carbocycles. The molecule has 4 N–H and O–H groups in total. The molecule has 282 valence electrons. The number of allylic oxidation sites excluding steroid dienone is 8. The van der Waals surface area contributed by atoms with Gasteiger partial charge in [-0.3, -0.25) is 18.2 Å². The quantitative estimate of drug-likeness (QED) is 0.177. The Morgan fingerprint density at radius 1 is 0.750 bits per heavy atom. The molecule has 0 radical (unpaired) electrons. The van der Waals surface area contributed by atoms with Gasteiger partial charge in [0.05, 0.1) is 21.0 Å². The molecule has 0 saturated carbocycles. The van der Waals surface area contributed by atoms with E-state index in [1.807, 2.05) is 27.7 Å². The first-order valence-electron chi connectivity index (χ1n) is 15.8. The Morgan fingerprint density at radius 2 is 1.33 bits per heavy atom. The van der Waals surface area contributed by atoms with Crippen molar-refractivity contribution >= 4 is 69.2 Å². The smallest absolute Gasteiger partial charge is 0.294 e. The first-order valence-corrected chi connectivity index (χ1v) is 22.2. The van der Waals surface area contributed by atoms with E-state index in [0.29, 0.717) is 51.8 Å². The van der Waals surface area contributed by atoms with Gasteiger partial charge in [0.15, 0.2) is 12.3 Å². The first-order chi connectivity index (χ1) is 23.7. The van der Waals surface area contributed by atoms with Gasteiger partial charge < -0.3 is 4.90 Å². The van der Waals surface area contributed by atoms with Crippen LogP contribution in [0.2, 0.25) is 0 Å². The molecule has 2 aromatic rings. The van der Waals surface area contributed by atoms with Gasteiger partial charge in [-0.25, -0.2) is 0 Å². The molecule has 0 atom stereocenters. The SMILES string of the molecule is CC1(C)C(=CC=C2CCC(C=CC3=[N+](CCS(=O)(=O)O)c4ccc(S(=O)(=O)O)cc4C3(C)C)=C2Cl)N(CCS(=O)(=O)O)c2ccc(S(=O)(=O)O)cc21. The second-order valence-corrected chi connectivity index (χ2v) is 20.1. The summed E-state index contributed by atoms with van der Waals surface area (Å²) in [7, 11) is -17.8. The molecule has 0 spiro atoms. The molecule has 0 bridgehead atoms. The summed E-state index contributed by atoms with van der Waals surface area (Å²) < 4.78 is 134. The molecule has 14 nitrogen and oxygen atoms in total. The van der Waals surface area contributed by atoms with Gasteiger partial charge in [0, 0.05) is 46.1 Å². The summed E-state index contributed by atoms with van der Waals surface area (Å²) in [6, 6.07) is 8.00. The van der Waals surface area contributed by atoms with Gasteiger partial charge in [-0.15, -0.1) is 0 Å². The van der Waals surface area contributed by atoms with Crippen LogP contribution in [-0.2, 0) is 51.3 Å². The molecule has 19 heteroatoms. The molecule has 52 heavy (non-hydrogen) atoms. The molecular weight excluding hydrogens is 780 g/mol. The minimum atomic E-state index is -4.53. The summed E-state index contributed by atoms with van der Waals surface area (Å²) in [4.78, 5) is 1.01. The molecule has 0 aromatic heterocycles. The Bertz CT molecular complexity index is 2480. The van der Waals surface area contributed by atoms with Crippen LogP contribution in [0.4, 0.5) is 11.4 Å². The van der Waals surface area contributed by atoms with Crippen LogP contribution >= 0.6 is 11.6 Å². The van der Waals surface area contributed by atoms with Gasteiger partial charge in [0.2, 0.25) is 5.69 Å². The van der Waals surface area contributed by atoms with E-state index in [2.05, 4.69) is 0 Å². The third kappa shape index (κ3) is 8.14. The predicted molar refractivity (Wildman–Crippen MR) is 196 cm³/mol. The van der Waals surface area contributed by atoms with Crippen LogP contribution in [0.25, 0.3) is 0 Å². The second kappa shape index (κ2) is 13.6. The lowest BCUT2D eigenvalue weighted by atomic mass is 9.81. The van der Waals surface area contributed by atoms with Crippen molar-refractivity contribution in [1.82, 2.24) is 0 Å². The molecule has 2 heterocycles. The van der Waals surface area contributed by atoms with Crippen molar-refractivity contribution in [3.05, 3.63) is 93.7 Å². The number of halogens is 1. The van der Waals surface area contributed by atoms with Gasteiger partial charge in [0.1, 0.15) is 5.75 Å². The van der Waals surface area contributed by atoms with Crippen molar-refractivity contribution in [1.29, 1.82) is 0 Å². The van der Waals surface area contributed by atoms with Gasteiger partial charge in [-0.1, -0.05) is 37.6 Å². The number of hydrogen-bond acceptors (Lipinski definition) is 9. The zero-order chi connectivity index (χ0) is 38.8. The Balaban J connectivity index is 1.53. The summed E-state index contributed by atoms with van der Waals surface area (Å²) in [6.45, 7) is 6.94. The lowest BCUT2D eigenvalue weighted by molar-refractivity contribution is -0.432. The molecule has 5 rings (SSSR count). The first kappa shape index (κ1) is 40.0. The molecule has 0 unspecified atom stereocenters. The molecule has 0 amide bonds. The van der Waals surface area contributed by atoms with Crippen LogP contribution in [0.5, 0.6) is 0 Å². The van der Waals surface area contributed by atoms with Crippen molar-refractivity contribution in [2.75, 3.05) is 29.5 Å². The maximum Gasteiger partial charge on any atom is 0.294 e. The predicted octanol–water partition coefficient (Wildman–Crippen LogP) is 4.78. The van der Waals surface area contributed by atoms with Crippen LogP contribution in [0, 0.1) is 0 Å². The Morgan fingerprint density at radius 3 is 1.90 bits per heavy atom. The third-order valence-corrected chi connectivity index (χ3v) is 13.2. The van der Waals surface area contributed by atoms with Gasteiger partial charge in [0.25, 0.3) is 40.5 Å². The molecule has 3 aliphatic rings. The third-order valence-electron chi connectivity index (χ3n) is 9.58. The maximum atomic E-state index is 11.9. The summed E-state index contributed by atoms with van der Waals surface area (Å²) in [6.07, 6.45) is 8.06. The zero-order valence-corrected chi connectivity index (χ0v) is 32.5. The van der Waals surface area contributed by atoms with Gasteiger partial charge >= 0.3 is 0 Å². The number of nitrogens with zero attached hydrogens (tertiary/aromatic N) is 2. The number of benzene rings is 2. The van der Waals surface area contributed by atoms with Crippen LogP contribution in [0.15, 0.2) is 92.4 Å². The lowest BCUT2D eigenvalue weighted by Gasteiger charge is -2.26. The average molecular weight is 818 g/mol. The topological polar surface area (TPSA) is 224 Å². The van der Waals surface area contributed by atoms with Crippen LogP contribution in [0.1, 0.15) is 51.7 Å². The van der Waals surface area contributed by atoms with Crippen molar-refractivity contribution in [3.63, 3.8) is 0 Å². The molecule has 0 fully saturated rings. The monoisotopic (exact) mass is 817 g/mol. The number of hydrogen-bond donors (Lipinski definition) is 4. The largest absolute Gasteiger partial charge is 0.343 e. The highest BCUT2D eigenvalue weighted by atomic mass is 35.5. The van der Waals surface area contributed by atoms with Gasteiger partial charge in [-0.2, -0.15) is 38.2 Å². The number of rotatable bonds is 11. The highest BCUT2D eigenvalue weighted by Crippen LogP contribution is 2.49. The number of fused-ring (bicyclic) bond motifs is 2. The van der Waals surface area contributed by atoms with E-state index in [1.54, 1.807) is 33.8 Å². The maximum absolute atomic E-state index is 11.9. The summed E-state index contributed by atoms with van der Waals surface area (Å²) >= 11 is 6.87.